The number of nitrogens with zero attached hydrogens (tertiary/aromatic N) is 3. The molecule has 0 radical (unpaired) electrons. The number of aromatic nitrogens is 2. The summed E-state index contributed by atoms with van der Waals surface area (Å²) in [6, 6.07) is 7.74. The smallest absolute Gasteiger partial charge is 0.258 e. The van der Waals surface area contributed by atoms with Gasteiger partial charge in [-0.1, -0.05) is 6.07 Å². The van der Waals surface area contributed by atoms with Gasteiger partial charge in [-0.25, -0.2) is 4.98 Å². The first-order chi connectivity index (χ1) is 12.6. The second-order valence-electron chi connectivity index (χ2n) is 7.58. The second kappa shape index (κ2) is 6.76. The van der Waals surface area contributed by atoms with Crippen molar-refractivity contribution in [3.63, 3.8) is 0 Å². The predicted octanol–water partition coefficient (Wildman–Crippen LogP) is 2.16. The van der Waals surface area contributed by atoms with Crippen molar-refractivity contribution in [1.82, 2.24) is 14.3 Å². The molecule has 6 heteroatoms. The molecule has 0 aromatic carbocycles. The van der Waals surface area contributed by atoms with Crippen LogP contribution in [0.15, 0.2) is 29.1 Å². The Labute approximate surface area is 153 Å². The first-order valence-electron chi connectivity index (χ1n) is 9.36. The van der Waals surface area contributed by atoms with Gasteiger partial charge in [0.25, 0.3) is 5.56 Å². The molecule has 1 saturated heterocycles. The maximum atomic E-state index is 12.6. The molecule has 0 unspecified atom stereocenters. The average Bonchev–Trinajstić information content (AvgIpc) is 2.99. The molecule has 0 amide bonds. The zero-order valence-electron chi connectivity index (χ0n) is 15.8. The molecule has 26 heavy (non-hydrogen) atoms. The molecule has 1 saturated carbocycles. The summed E-state index contributed by atoms with van der Waals surface area (Å²) >= 11 is 0. The van der Waals surface area contributed by atoms with E-state index in [9.17, 15) is 4.79 Å². The van der Waals surface area contributed by atoms with Crippen LogP contribution in [0.25, 0.3) is 5.65 Å². The van der Waals surface area contributed by atoms with Crippen LogP contribution in [0.1, 0.15) is 37.1 Å². The maximum absolute atomic E-state index is 12.6. The number of ether oxygens (including phenoxy) is 2. The molecule has 2 aromatic rings. The molecule has 3 heterocycles. The number of likely N-dealkylation sites (tertiary alicyclic amines) is 1. The molecule has 0 N–H and O–H groups in total. The molecule has 1 aliphatic heterocycles. The topological polar surface area (TPSA) is 56.1 Å². The minimum absolute atomic E-state index is 0.0151. The summed E-state index contributed by atoms with van der Waals surface area (Å²) in [5.41, 5.74) is 2.34. The van der Waals surface area contributed by atoms with Crippen LogP contribution in [0.5, 0.6) is 0 Å². The lowest BCUT2D eigenvalue weighted by atomic mass is 9.79. The molecule has 2 fully saturated rings. The van der Waals surface area contributed by atoms with Gasteiger partial charge in [0.05, 0.1) is 17.4 Å². The minimum Gasteiger partial charge on any atom is -0.381 e. The van der Waals surface area contributed by atoms with E-state index < -0.39 is 0 Å². The predicted molar refractivity (Wildman–Crippen MR) is 99.4 cm³/mol. The van der Waals surface area contributed by atoms with Crippen LogP contribution in [0.2, 0.25) is 0 Å². The van der Waals surface area contributed by atoms with Gasteiger partial charge >= 0.3 is 0 Å². The van der Waals surface area contributed by atoms with Crippen LogP contribution in [-0.4, -0.2) is 52.8 Å². The molecule has 2 aliphatic rings. The summed E-state index contributed by atoms with van der Waals surface area (Å²) in [7, 11) is 3.62. The number of methoxy groups -OCH3 is 2. The molecule has 1 aliphatic carbocycles. The SMILES string of the molecule is CO[C@H]1CC[C@@]2(OC)CCN(Cc3cc(=O)n4c(C)cccc4n3)[C@H]2C1. The number of rotatable bonds is 4. The van der Waals surface area contributed by atoms with Gasteiger partial charge in [-0.05, 0) is 44.7 Å². The Hall–Kier alpha value is -1.76. The van der Waals surface area contributed by atoms with Crippen LogP contribution in [0.3, 0.4) is 0 Å². The van der Waals surface area contributed by atoms with E-state index in [0.29, 0.717) is 18.2 Å². The van der Waals surface area contributed by atoms with Crippen molar-refractivity contribution in [3.05, 3.63) is 46.0 Å². The van der Waals surface area contributed by atoms with Gasteiger partial charge < -0.3 is 9.47 Å². The lowest BCUT2D eigenvalue weighted by Crippen LogP contribution is -2.51. The number of fused-ring (bicyclic) bond motifs is 2. The monoisotopic (exact) mass is 357 g/mol. The number of aryl methyl sites for hydroxylation is 1. The number of pyridine rings is 1. The molecule has 4 rings (SSSR count). The lowest BCUT2D eigenvalue weighted by molar-refractivity contribution is -0.0948. The van der Waals surface area contributed by atoms with Gasteiger partial charge in [0, 0.05) is 45.1 Å². The quantitative estimate of drug-likeness (QED) is 0.839. The normalized spacial score (nSPS) is 29.2. The van der Waals surface area contributed by atoms with Crippen molar-refractivity contribution < 1.29 is 9.47 Å². The molecule has 3 atom stereocenters. The second-order valence-corrected chi connectivity index (χ2v) is 7.58. The third-order valence-corrected chi connectivity index (χ3v) is 6.28. The molecule has 0 spiro atoms. The zero-order valence-corrected chi connectivity index (χ0v) is 15.8. The molecule has 6 nitrogen and oxygen atoms in total. The van der Waals surface area contributed by atoms with E-state index in [-0.39, 0.29) is 17.3 Å². The van der Waals surface area contributed by atoms with Gasteiger partial charge in [0.2, 0.25) is 0 Å². The highest BCUT2D eigenvalue weighted by Gasteiger charge is 2.51. The van der Waals surface area contributed by atoms with E-state index >= 15 is 0 Å². The summed E-state index contributed by atoms with van der Waals surface area (Å²) in [6.07, 6.45) is 4.34. The van der Waals surface area contributed by atoms with Gasteiger partial charge in [-0.2, -0.15) is 0 Å². The largest absolute Gasteiger partial charge is 0.381 e. The molecule has 140 valence electrons. The Bertz CT molecular complexity index is 865. The van der Waals surface area contributed by atoms with Crippen molar-refractivity contribution >= 4 is 5.65 Å². The Morgan fingerprint density at radius 2 is 2.15 bits per heavy atom. The van der Waals surface area contributed by atoms with Crippen molar-refractivity contribution in [2.75, 3.05) is 20.8 Å². The molecular formula is C20H27N3O3. The first-order valence-corrected chi connectivity index (χ1v) is 9.36. The summed E-state index contributed by atoms with van der Waals surface area (Å²) in [5.74, 6) is 0. The highest BCUT2D eigenvalue weighted by molar-refractivity contribution is 5.40. The van der Waals surface area contributed by atoms with E-state index in [1.54, 1.807) is 17.6 Å². The fraction of sp³-hybridized carbons (Fsp3) is 0.600. The minimum atomic E-state index is -0.0858. The highest BCUT2D eigenvalue weighted by Crippen LogP contribution is 2.43. The van der Waals surface area contributed by atoms with Crippen molar-refractivity contribution in [2.45, 2.75) is 56.9 Å². The van der Waals surface area contributed by atoms with Crippen molar-refractivity contribution in [1.29, 1.82) is 0 Å². The van der Waals surface area contributed by atoms with Crippen molar-refractivity contribution in [3.8, 4) is 0 Å². The molecule has 0 bridgehead atoms. The summed E-state index contributed by atoms with van der Waals surface area (Å²) in [4.78, 5) is 19.7. The third-order valence-electron chi connectivity index (χ3n) is 6.28. The zero-order chi connectivity index (χ0) is 18.3. The number of hydrogen-bond acceptors (Lipinski definition) is 5. The fourth-order valence-electron chi connectivity index (χ4n) is 4.81. The summed E-state index contributed by atoms with van der Waals surface area (Å²) in [5, 5.41) is 0. The fourth-order valence-corrected chi connectivity index (χ4v) is 4.81. The van der Waals surface area contributed by atoms with E-state index in [4.69, 9.17) is 14.5 Å². The Morgan fingerprint density at radius 1 is 1.31 bits per heavy atom. The molecule has 2 aromatic heterocycles. The Balaban J connectivity index is 1.63. The van der Waals surface area contributed by atoms with Gasteiger partial charge in [0.1, 0.15) is 5.65 Å². The average molecular weight is 357 g/mol. The van der Waals surface area contributed by atoms with E-state index in [1.165, 1.54) is 0 Å². The third kappa shape index (κ3) is 2.86. The van der Waals surface area contributed by atoms with Crippen LogP contribution in [0, 0.1) is 6.92 Å². The summed E-state index contributed by atoms with van der Waals surface area (Å²) in [6.45, 7) is 3.56. The molecular weight excluding hydrogens is 330 g/mol. The van der Waals surface area contributed by atoms with Crippen LogP contribution >= 0.6 is 0 Å². The Morgan fingerprint density at radius 3 is 2.92 bits per heavy atom. The first kappa shape index (κ1) is 17.6. The van der Waals surface area contributed by atoms with E-state index in [1.807, 2.05) is 32.2 Å². The van der Waals surface area contributed by atoms with Crippen LogP contribution in [0.4, 0.5) is 0 Å². The maximum Gasteiger partial charge on any atom is 0.258 e. The lowest BCUT2D eigenvalue weighted by Gasteiger charge is -2.43. The van der Waals surface area contributed by atoms with Gasteiger partial charge in [-0.3, -0.25) is 14.1 Å². The Kier molecular flexibility index (Phi) is 4.59. The van der Waals surface area contributed by atoms with Gasteiger partial charge in [-0.15, -0.1) is 0 Å². The standard InChI is InChI=1S/C20H27N3O3/c1-14-5-4-6-18-21-15(11-19(24)23(14)18)13-22-10-9-20(26-3)8-7-16(25-2)12-17(20)22/h4-6,11,16-17H,7-10,12-13H2,1-3H3/t16-,17-,20+/m0/s1. The number of hydrogen-bond donors (Lipinski definition) is 0. The summed E-state index contributed by atoms with van der Waals surface area (Å²) < 4.78 is 13.3. The van der Waals surface area contributed by atoms with E-state index in [0.717, 1.165) is 43.6 Å². The van der Waals surface area contributed by atoms with Gasteiger partial charge in [0.15, 0.2) is 0 Å². The van der Waals surface area contributed by atoms with Crippen LogP contribution < -0.4 is 5.56 Å². The highest BCUT2D eigenvalue weighted by atomic mass is 16.5. The van der Waals surface area contributed by atoms with E-state index in [2.05, 4.69) is 4.90 Å². The van der Waals surface area contributed by atoms with Crippen molar-refractivity contribution in [2.24, 2.45) is 0 Å². The van der Waals surface area contributed by atoms with Crippen LogP contribution in [-0.2, 0) is 16.0 Å².